The van der Waals surface area contributed by atoms with E-state index in [2.05, 4.69) is 22.3 Å². The van der Waals surface area contributed by atoms with Gasteiger partial charge in [0.15, 0.2) is 0 Å². The molecule has 2 aromatic carbocycles. The Morgan fingerprint density at radius 1 is 1.00 bits per heavy atom. The van der Waals surface area contributed by atoms with Gasteiger partial charge >= 0.3 is 7.12 Å². The zero-order valence-corrected chi connectivity index (χ0v) is 22.0. The van der Waals surface area contributed by atoms with Crippen LogP contribution in [0.2, 0.25) is 0 Å². The summed E-state index contributed by atoms with van der Waals surface area (Å²) < 4.78 is 13.1. The van der Waals surface area contributed by atoms with E-state index in [1.54, 1.807) is 53.6 Å². The normalized spacial score (nSPS) is 10.6. The highest BCUT2D eigenvalue weighted by atomic mass is 32.1. The molecule has 0 spiro atoms. The molecule has 5 rings (SSSR count). The molecular formula is C26H28BN5O5S. The van der Waals surface area contributed by atoms with Crippen molar-refractivity contribution in [2.45, 2.75) is 13.5 Å². The lowest BCUT2D eigenvalue weighted by molar-refractivity contribution is 0.269. The Balaban J connectivity index is 0.000000257. The Kier molecular flexibility index (Phi) is 8.92. The van der Waals surface area contributed by atoms with Gasteiger partial charge in [0.05, 0.1) is 55.7 Å². The van der Waals surface area contributed by atoms with E-state index in [9.17, 15) is 0 Å². The molecule has 196 valence electrons. The van der Waals surface area contributed by atoms with Crippen molar-refractivity contribution in [3.8, 4) is 22.6 Å². The minimum Gasteiger partial charge on any atom is -0.497 e. The molecule has 0 unspecified atom stereocenters. The van der Waals surface area contributed by atoms with E-state index in [1.807, 2.05) is 36.7 Å². The lowest BCUT2D eigenvalue weighted by atomic mass is 9.80. The van der Waals surface area contributed by atoms with E-state index in [1.165, 1.54) is 7.11 Å². The molecule has 0 aliphatic carbocycles. The van der Waals surface area contributed by atoms with Gasteiger partial charge in [-0.05, 0) is 19.1 Å². The van der Waals surface area contributed by atoms with Crippen molar-refractivity contribution in [3.63, 3.8) is 0 Å². The molecule has 12 heteroatoms. The average Bonchev–Trinajstić information content (AvgIpc) is 3.51. The van der Waals surface area contributed by atoms with E-state index < -0.39 is 7.12 Å². The molecule has 38 heavy (non-hydrogen) atoms. The van der Waals surface area contributed by atoms with E-state index >= 15 is 0 Å². The number of aliphatic hydroxyl groups excluding tert-OH is 1. The van der Waals surface area contributed by atoms with Crippen LogP contribution in [-0.2, 0) is 6.54 Å². The molecule has 0 saturated carbocycles. The number of aryl methyl sites for hydroxylation is 1. The molecule has 0 radical (unpaired) electrons. The van der Waals surface area contributed by atoms with Crippen LogP contribution in [-0.4, -0.2) is 62.8 Å². The fourth-order valence-electron chi connectivity index (χ4n) is 3.90. The van der Waals surface area contributed by atoms with Gasteiger partial charge in [0, 0.05) is 27.7 Å². The van der Waals surface area contributed by atoms with Crippen LogP contribution >= 0.6 is 11.3 Å². The van der Waals surface area contributed by atoms with Crippen LogP contribution in [0.3, 0.4) is 0 Å². The van der Waals surface area contributed by atoms with Gasteiger partial charge in [-0.2, -0.15) is 5.10 Å². The number of thiophene rings is 1. The van der Waals surface area contributed by atoms with Crippen molar-refractivity contribution >= 4 is 45.8 Å². The first kappa shape index (κ1) is 27.1. The lowest BCUT2D eigenvalue weighted by Crippen LogP contribution is -2.30. The summed E-state index contributed by atoms with van der Waals surface area (Å²) in [6, 6.07) is 14.7. The van der Waals surface area contributed by atoms with Crippen molar-refractivity contribution in [1.82, 2.24) is 19.7 Å². The molecule has 0 bridgehead atoms. The number of nitrogens with zero attached hydrogens (tertiary/aromatic N) is 4. The van der Waals surface area contributed by atoms with Gasteiger partial charge in [0.25, 0.3) is 0 Å². The molecule has 3 heterocycles. The minimum atomic E-state index is -1.47. The molecule has 0 aliphatic rings. The third-order valence-corrected chi connectivity index (χ3v) is 6.65. The van der Waals surface area contributed by atoms with Gasteiger partial charge in [-0.25, -0.2) is 9.97 Å². The number of ether oxygens (including phenoxy) is 2. The number of anilines is 2. The van der Waals surface area contributed by atoms with Gasteiger partial charge in [-0.3, -0.25) is 4.68 Å². The fraction of sp³-hybridized carbons (Fsp3) is 0.192. The standard InChI is InChI=1S/C19H19N5O2S.C7H9BO3/c1-12-17(14-5-3-4-6-15(14)26-2)18-16(27-12)10-20-19(23-18)22-13-9-21-24(11-13)7-8-25;1-11-7-5-3-2-4-6(7)8(9)10/h3-6,9-11,25H,7-8H2,1-2H3,(H,20,22,23);2-5,9-10H,1H3. The first-order valence-corrected chi connectivity index (χ1v) is 12.6. The van der Waals surface area contributed by atoms with Gasteiger partial charge in [0.1, 0.15) is 11.5 Å². The summed E-state index contributed by atoms with van der Waals surface area (Å²) in [5.74, 6) is 1.81. The summed E-state index contributed by atoms with van der Waals surface area (Å²) in [4.78, 5) is 10.3. The van der Waals surface area contributed by atoms with Gasteiger partial charge in [-0.1, -0.05) is 36.4 Å². The Hall–Kier alpha value is -3.97. The SMILES string of the molecule is COc1ccccc1-c1c(C)sc2cnc(Nc3cnn(CCO)c3)nc12.COc1ccccc1B(O)O. The van der Waals surface area contributed by atoms with Crippen molar-refractivity contribution in [1.29, 1.82) is 0 Å². The Labute approximate surface area is 224 Å². The zero-order chi connectivity index (χ0) is 27.1. The van der Waals surface area contributed by atoms with E-state index in [0.717, 1.165) is 37.7 Å². The maximum absolute atomic E-state index is 9.01. The predicted molar refractivity (Wildman–Crippen MR) is 150 cm³/mol. The fourth-order valence-corrected chi connectivity index (χ4v) is 4.89. The van der Waals surface area contributed by atoms with Crippen LogP contribution in [0.5, 0.6) is 11.5 Å². The number of para-hydroxylation sites is 2. The van der Waals surface area contributed by atoms with Crippen LogP contribution in [0.4, 0.5) is 11.6 Å². The first-order chi connectivity index (χ1) is 18.4. The van der Waals surface area contributed by atoms with Gasteiger partial charge in [0.2, 0.25) is 5.95 Å². The number of rotatable bonds is 8. The highest BCUT2D eigenvalue weighted by Gasteiger charge is 2.17. The number of aliphatic hydroxyl groups is 1. The highest BCUT2D eigenvalue weighted by Crippen LogP contribution is 2.41. The number of benzene rings is 2. The second-order valence-corrected chi connectivity index (χ2v) is 9.35. The number of hydrogen-bond donors (Lipinski definition) is 4. The van der Waals surface area contributed by atoms with Crippen molar-refractivity contribution in [2.75, 3.05) is 26.1 Å². The quantitative estimate of drug-likeness (QED) is 0.222. The largest absolute Gasteiger partial charge is 0.497 e. The Morgan fingerprint density at radius 2 is 1.71 bits per heavy atom. The molecule has 0 aliphatic heterocycles. The van der Waals surface area contributed by atoms with Crippen LogP contribution < -0.4 is 20.3 Å². The summed E-state index contributed by atoms with van der Waals surface area (Å²) in [7, 11) is 1.70. The van der Waals surface area contributed by atoms with Gasteiger partial charge < -0.3 is 29.9 Å². The van der Waals surface area contributed by atoms with E-state index in [4.69, 9.17) is 29.6 Å². The second-order valence-electron chi connectivity index (χ2n) is 8.10. The van der Waals surface area contributed by atoms with Crippen LogP contribution in [0, 0.1) is 6.92 Å². The third kappa shape index (κ3) is 6.11. The topological polar surface area (TPSA) is 135 Å². The van der Waals surface area contributed by atoms with Crippen molar-refractivity contribution in [2.24, 2.45) is 0 Å². The number of hydrogen-bond acceptors (Lipinski definition) is 10. The molecule has 0 fully saturated rings. The number of nitrogens with one attached hydrogen (secondary N) is 1. The maximum atomic E-state index is 9.01. The molecule has 10 nitrogen and oxygen atoms in total. The molecule has 0 amide bonds. The molecule has 0 atom stereocenters. The molecule has 5 aromatic rings. The summed E-state index contributed by atoms with van der Waals surface area (Å²) in [5, 5.41) is 34.0. The van der Waals surface area contributed by atoms with Crippen LogP contribution in [0.1, 0.15) is 4.88 Å². The number of methoxy groups -OCH3 is 2. The number of fused-ring (bicyclic) bond motifs is 1. The van der Waals surface area contributed by atoms with E-state index in [-0.39, 0.29) is 6.61 Å². The first-order valence-electron chi connectivity index (χ1n) is 11.7. The molecular weight excluding hydrogens is 505 g/mol. The zero-order valence-electron chi connectivity index (χ0n) is 21.2. The average molecular weight is 533 g/mol. The highest BCUT2D eigenvalue weighted by molar-refractivity contribution is 7.19. The second kappa shape index (κ2) is 12.5. The maximum Gasteiger partial charge on any atom is 0.492 e. The molecule has 4 N–H and O–H groups in total. The minimum absolute atomic E-state index is 0.0417. The van der Waals surface area contributed by atoms with E-state index in [0.29, 0.717) is 23.7 Å². The Bertz CT molecular complexity index is 1510. The van der Waals surface area contributed by atoms with Crippen LogP contribution in [0.15, 0.2) is 67.1 Å². The predicted octanol–water partition coefficient (Wildman–Crippen LogP) is 2.98. The van der Waals surface area contributed by atoms with Gasteiger partial charge in [-0.15, -0.1) is 11.3 Å². The smallest absolute Gasteiger partial charge is 0.492 e. The molecule has 3 aromatic heterocycles. The van der Waals surface area contributed by atoms with Crippen molar-refractivity contribution < 1.29 is 24.6 Å². The third-order valence-electron chi connectivity index (χ3n) is 5.62. The summed E-state index contributed by atoms with van der Waals surface area (Å²) in [6.45, 7) is 2.57. The van der Waals surface area contributed by atoms with Crippen LogP contribution in [0.25, 0.3) is 21.3 Å². The molecule has 0 saturated heterocycles. The number of aromatic nitrogens is 4. The lowest BCUT2D eigenvalue weighted by Gasteiger charge is -2.08. The summed E-state index contributed by atoms with van der Waals surface area (Å²) >= 11 is 1.67. The summed E-state index contributed by atoms with van der Waals surface area (Å²) in [5.41, 5.74) is 4.13. The van der Waals surface area contributed by atoms with Crippen molar-refractivity contribution in [3.05, 3.63) is 72.0 Å². The summed E-state index contributed by atoms with van der Waals surface area (Å²) in [6.07, 6.45) is 5.33. The Morgan fingerprint density at radius 3 is 2.39 bits per heavy atom. The monoisotopic (exact) mass is 533 g/mol.